The molecule has 220 valence electrons. The maximum absolute atomic E-state index is 13.3. The van der Waals surface area contributed by atoms with Crippen molar-refractivity contribution in [1.29, 1.82) is 0 Å². The summed E-state index contributed by atoms with van der Waals surface area (Å²) in [5.74, 6) is -2.78. The zero-order chi connectivity index (χ0) is 29.7. The first-order valence-electron chi connectivity index (χ1n) is 12.7. The number of rotatable bonds is 17. The summed E-state index contributed by atoms with van der Waals surface area (Å²) in [6, 6.07) is 3.41. The quantitative estimate of drug-likeness (QED) is 0.0488. The average Bonchev–Trinajstić information content (AvgIpc) is 3.33. The second-order valence-electron chi connectivity index (χ2n) is 9.10. The number of nitrogens with two attached hydrogens (primary N) is 3. The van der Waals surface area contributed by atoms with Crippen molar-refractivity contribution < 1.29 is 24.3 Å². The molecule has 0 fully saturated rings. The first-order chi connectivity index (χ1) is 19.1. The molecule has 0 bridgehead atoms. The highest BCUT2D eigenvalue weighted by Crippen LogP contribution is 2.19. The summed E-state index contributed by atoms with van der Waals surface area (Å²) in [5.41, 5.74) is 18.7. The smallest absolute Gasteiger partial charge is 0.327 e. The van der Waals surface area contributed by atoms with Gasteiger partial charge in [0.25, 0.3) is 0 Å². The number of carbonyl (C=O) groups is 4. The maximum atomic E-state index is 13.3. The summed E-state index contributed by atoms with van der Waals surface area (Å²) >= 11 is 5.45. The van der Waals surface area contributed by atoms with Gasteiger partial charge in [0.05, 0.1) is 6.04 Å². The number of nitrogens with one attached hydrogen (secondary N) is 4. The minimum atomic E-state index is -1.26. The monoisotopic (exact) mass is 594 g/mol. The Balaban J connectivity index is 2.12. The Morgan fingerprint density at radius 2 is 1.65 bits per heavy atom. The lowest BCUT2D eigenvalue weighted by molar-refractivity contribution is -0.141. The second kappa shape index (κ2) is 16.6. The van der Waals surface area contributed by atoms with E-state index in [0.29, 0.717) is 12.2 Å². The molecular formula is C25H38N8O5S2. The van der Waals surface area contributed by atoms with E-state index in [1.165, 1.54) is 11.8 Å². The molecule has 0 radical (unpaired) electrons. The number of amides is 3. The van der Waals surface area contributed by atoms with Crippen molar-refractivity contribution >= 4 is 64.9 Å². The van der Waals surface area contributed by atoms with E-state index >= 15 is 0 Å². The molecule has 0 saturated carbocycles. The zero-order valence-electron chi connectivity index (χ0n) is 22.3. The maximum Gasteiger partial charge on any atom is 0.327 e. The van der Waals surface area contributed by atoms with Gasteiger partial charge >= 0.3 is 5.97 Å². The van der Waals surface area contributed by atoms with Crippen LogP contribution in [-0.2, 0) is 25.6 Å². The van der Waals surface area contributed by atoms with E-state index in [9.17, 15) is 24.3 Å². The molecule has 0 aliphatic heterocycles. The number of nitrogens with zero attached hydrogens (tertiary/aromatic N) is 1. The summed E-state index contributed by atoms with van der Waals surface area (Å²) in [5, 5.41) is 18.0. The predicted octanol–water partition coefficient (Wildman–Crippen LogP) is -0.687. The van der Waals surface area contributed by atoms with Gasteiger partial charge in [0.1, 0.15) is 18.1 Å². The molecule has 3 amide bonds. The van der Waals surface area contributed by atoms with Crippen molar-refractivity contribution in [3.05, 3.63) is 36.0 Å². The third kappa shape index (κ3) is 10.3. The van der Waals surface area contributed by atoms with Gasteiger partial charge in [-0.15, -0.1) is 0 Å². The minimum absolute atomic E-state index is 0.116. The number of aliphatic carboxylic acids is 1. The highest BCUT2D eigenvalue weighted by atomic mass is 32.2. The molecule has 15 heteroatoms. The van der Waals surface area contributed by atoms with Gasteiger partial charge in [0.2, 0.25) is 17.7 Å². The summed E-state index contributed by atoms with van der Waals surface area (Å²) in [7, 11) is 0. The van der Waals surface area contributed by atoms with Crippen LogP contribution in [0.5, 0.6) is 0 Å². The number of aliphatic imine (C=N–C) groups is 1. The average molecular weight is 595 g/mol. The van der Waals surface area contributed by atoms with E-state index in [-0.39, 0.29) is 37.5 Å². The lowest BCUT2D eigenvalue weighted by atomic mass is 10.0. The Labute approximate surface area is 242 Å². The number of para-hydroxylation sites is 1. The van der Waals surface area contributed by atoms with Gasteiger partial charge in [0, 0.05) is 29.4 Å². The molecule has 1 heterocycles. The molecule has 2 rings (SSSR count). The third-order valence-electron chi connectivity index (χ3n) is 6.07. The Bertz CT molecular complexity index is 1190. The van der Waals surface area contributed by atoms with Crippen LogP contribution in [0.25, 0.3) is 10.9 Å². The van der Waals surface area contributed by atoms with Crippen molar-refractivity contribution in [2.75, 3.05) is 24.3 Å². The SMILES string of the molecule is CSCCC(NC(=O)C(N)Cc1c[nH]c2ccccc12)C(=O)NC(CCCN=C(N)N)C(=O)NC(CS)C(=O)O. The molecule has 0 spiro atoms. The fourth-order valence-electron chi connectivity index (χ4n) is 3.92. The molecule has 11 N–H and O–H groups in total. The predicted molar refractivity (Wildman–Crippen MR) is 160 cm³/mol. The first kappa shape index (κ1) is 32.8. The molecule has 40 heavy (non-hydrogen) atoms. The number of carboxylic acids is 1. The lowest BCUT2D eigenvalue weighted by Crippen LogP contribution is -2.57. The van der Waals surface area contributed by atoms with Crippen LogP contribution in [-0.4, -0.2) is 88.2 Å². The Hall–Kier alpha value is -3.43. The standard InChI is InChI=1S/C25H38N8O5S2/c1-40-10-8-19(31-21(34)16(26)11-14-12-30-17-6-3-2-5-15(14)17)23(36)32-18(7-4-9-29-25(27)28)22(35)33-20(13-39)24(37)38/h2-3,5-6,12,16,18-20,30,39H,4,7-11,13,26H2,1H3,(H,31,34)(H,32,36)(H,33,35)(H,37,38)(H4,27,28,29). The number of hydrogen-bond acceptors (Lipinski definition) is 8. The Kier molecular flexibility index (Phi) is 13.6. The number of hydrogen-bond donors (Lipinski definition) is 9. The topological polar surface area (TPSA) is 231 Å². The highest BCUT2D eigenvalue weighted by Gasteiger charge is 2.30. The van der Waals surface area contributed by atoms with Crippen molar-refractivity contribution in [3.63, 3.8) is 0 Å². The summed E-state index contributed by atoms with van der Waals surface area (Å²) in [6.45, 7) is 0.201. The lowest BCUT2D eigenvalue weighted by Gasteiger charge is -2.25. The highest BCUT2D eigenvalue weighted by molar-refractivity contribution is 7.98. The number of carboxylic acid groups (broad SMARTS) is 1. The van der Waals surface area contributed by atoms with Crippen LogP contribution in [0.3, 0.4) is 0 Å². The first-order valence-corrected chi connectivity index (χ1v) is 14.7. The number of carbonyl (C=O) groups excluding carboxylic acids is 3. The molecule has 2 aromatic rings. The van der Waals surface area contributed by atoms with Crippen LogP contribution in [0.4, 0.5) is 0 Å². The fraction of sp³-hybridized carbons (Fsp3) is 0.480. The van der Waals surface area contributed by atoms with Crippen LogP contribution < -0.4 is 33.2 Å². The molecule has 1 aromatic heterocycles. The number of benzene rings is 1. The molecule has 0 aliphatic carbocycles. The van der Waals surface area contributed by atoms with E-state index in [1.807, 2.05) is 30.5 Å². The Morgan fingerprint density at radius 1 is 1.02 bits per heavy atom. The van der Waals surface area contributed by atoms with Gasteiger partial charge < -0.3 is 43.2 Å². The third-order valence-corrected chi connectivity index (χ3v) is 7.08. The van der Waals surface area contributed by atoms with E-state index in [4.69, 9.17) is 17.2 Å². The number of thiol groups is 1. The van der Waals surface area contributed by atoms with Gasteiger partial charge in [-0.1, -0.05) is 18.2 Å². The number of fused-ring (bicyclic) bond motifs is 1. The zero-order valence-corrected chi connectivity index (χ0v) is 24.0. The van der Waals surface area contributed by atoms with Crippen molar-refractivity contribution in [1.82, 2.24) is 20.9 Å². The summed E-state index contributed by atoms with van der Waals surface area (Å²) < 4.78 is 0. The van der Waals surface area contributed by atoms with Crippen LogP contribution in [0.2, 0.25) is 0 Å². The van der Waals surface area contributed by atoms with Gasteiger partial charge in [0.15, 0.2) is 5.96 Å². The number of aromatic amines is 1. The van der Waals surface area contributed by atoms with Crippen LogP contribution in [0.15, 0.2) is 35.5 Å². The fourth-order valence-corrected chi connectivity index (χ4v) is 4.63. The van der Waals surface area contributed by atoms with E-state index in [2.05, 4.69) is 38.6 Å². The summed E-state index contributed by atoms with van der Waals surface area (Å²) in [6.07, 6.45) is 4.65. The van der Waals surface area contributed by atoms with E-state index in [0.717, 1.165) is 16.5 Å². The van der Waals surface area contributed by atoms with E-state index in [1.54, 1.807) is 6.20 Å². The molecule has 0 saturated heterocycles. The molecular weight excluding hydrogens is 556 g/mol. The normalized spacial score (nSPS) is 14.0. The van der Waals surface area contributed by atoms with E-state index < -0.39 is 47.9 Å². The van der Waals surface area contributed by atoms with Crippen molar-refractivity contribution in [2.24, 2.45) is 22.2 Å². The minimum Gasteiger partial charge on any atom is -0.480 e. The van der Waals surface area contributed by atoms with Gasteiger partial charge in [-0.2, -0.15) is 24.4 Å². The second-order valence-corrected chi connectivity index (χ2v) is 10.5. The molecule has 1 aromatic carbocycles. The van der Waals surface area contributed by atoms with Crippen LogP contribution in [0.1, 0.15) is 24.8 Å². The molecule has 4 atom stereocenters. The van der Waals surface area contributed by atoms with Crippen molar-refractivity contribution in [2.45, 2.75) is 49.9 Å². The molecule has 13 nitrogen and oxygen atoms in total. The van der Waals surface area contributed by atoms with Crippen LogP contribution in [0, 0.1) is 0 Å². The van der Waals surface area contributed by atoms with Gasteiger partial charge in [-0.25, -0.2) is 4.79 Å². The largest absolute Gasteiger partial charge is 0.480 e. The number of thioether (sulfide) groups is 1. The van der Waals surface area contributed by atoms with Gasteiger partial charge in [-0.05, 0) is 49.3 Å². The van der Waals surface area contributed by atoms with Crippen LogP contribution >= 0.6 is 24.4 Å². The van der Waals surface area contributed by atoms with Crippen molar-refractivity contribution in [3.8, 4) is 0 Å². The number of guanidine groups is 1. The summed E-state index contributed by atoms with van der Waals surface area (Å²) in [4.78, 5) is 57.6. The van der Waals surface area contributed by atoms with Gasteiger partial charge in [-0.3, -0.25) is 19.4 Å². The molecule has 4 unspecified atom stereocenters. The number of aromatic nitrogens is 1. The Morgan fingerprint density at radius 3 is 2.27 bits per heavy atom. The molecule has 0 aliphatic rings. The number of H-pyrrole nitrogens is 1.